The molecule has 0 aromatic carbocycles. The summed E-state index contributed by atoms with van der Waals surface area (Å²) >= 11 is 0. The number of sulfonamides is 1. The summed E-state index contributed by atoms with van der Waals surface area (Å²) in [6.07, 6.45) is 9.44. The topological polar surface area (TPSA) is 145 Å². The van der Waals surface area contributed by atoms with Crippen molar-refractivity contribution >= 4 is 37.8 Å². The average Bonchev–Trinajstić information content (AvgIpc) is 3.36. The lowest BCUT2D eigenvalue weighted by Crippen LogP contribution is -2.11. The van der Waals surface area contributed by atoms with E-state index >= 15 is 0 Å². The van der Waals surface area contributed by atoms with E-state index in [1.807, 2.05) is 26.4 Å². The van der Waals surface area contributed by atoms with Crippen molar-refractivity contribution in [1.29, 1.82) is 0 Å². The van der Waals surface area contributed by atoms with Gasteiger partial charge in [0, 0.05) is 41.8 Å². The Morgan fingerprint density at radius 1 is 1.03 bits per heavy atom. The van der Waals surface area contributed by atoms with Gasteiger partial charge in [-0.3, -0.25) is 19.8 Å². The maximum atomic E-state index is 11.6. The smallest absolute Gasteiger partial charge is 0.229 e. The maximum Gasteiger partial charge on any atom is 0.229 e. The standard InChI is InChI=1S/C21H21N9O2S/c1-30(2)11-14-7-23-10-17-18(14)26-21(25-17)19-16-5-13(8-24-20(16)28-27-19)12-4-15(9-22-6-12)29-33(3,31)32/h4-10,29H,11H2,1-3H3,(H,25,26)(H,24,27,28). The first kappa shape index (κ1) is 21.0. The van der Waals surface area contributed by atoms with Crippen LogP contribution in [0.3, 0.4) is 0 Å². The summed E-state index contributed by atoms with van der Waals surface area (Å²) in [4.78, 5) is 23.1. The summed E-state index contributed by atoms with van der Waals surface area (Å²) in [5.41, 5.74) is 5.80. The van der Waals surface area contributed by atoms with Gasteiger partial charge >= 0.3 is 0 Å². The van der Waals surface area contributed by atoms with Crippen LogP contribution in [0.5, 0.6) is 0 Å². The molecule has 12 heteroatoms. The number of H-pyrrole nitrogens is 2. The summed E-state index contributed by atoms with van der Waals surface area (Å²) in [6.45, 7) is 0.717. The maximum absolute atomic E-state index is 11.6. The zero-order chi connectivity index (χ0) is 23.2. The second kappa shape index (κ2) is 7.90. The van der Waals surface area contributed by atoms with Crippen molar-refractivity contribution in [2.24, 2.45) is 0 Å². The molecule has 0 saturated carbocycles. The van der Waals surface area contributed by atoms with Gasteiger partial charge in [-0.15, -0.1) is 0 Å². The minimum atomic E-state index is -3.41. The van der Waals surface area contributed by atoms with Crippen LogP contribution in [0.15, 0.2) is 43.1 Å². The molecule has 0 amide bonds. The summed E-state index contributed by atoms with van der Waals surface area (Å²) in [7, 11) is 0.585. The first-order valence-corrected chi connectivity index (χ1v) is 11.9. The highest BCUT2D eigenvalue weighted by atomic mass is 32.2. The van der Waals surface area contributed by atoms with Crippen molar-refractivity contribution in [1.82, 2.24) is 40.0 Å². The van der Waals surface area contributed by atoms with Gasteiger partial charge in [-0.2, -0.15) is 5.10 Å². The molecule has 0 aliphatic rings. The molecule has 5 aromatic heterocycles. The number of aromatic amines is 2. The van der Waals surface area contributed by atoms with Crippen LogP contribution in [-0.2, 0) is 16.6 Å². The molecule has 0 aliphatic heterocycles. The van der Waals surface area contributed by atoms with Crippen molar-refractivity contribution in [3.05, 3.63) is 48.7 Å². The fourth-order valence-electron chi connectivity index (χ4n) is 3.67. The quantitative estimate of drug-likeness (QED) is 0.348. The van der Waals surface area contributed by atoms with Gasteiger partial charge in [-0.25, -0.2) is 18.4 Å². The van der Waals surface area contributed by atoms with Crippen LogP contribution in [0.2, 0.25) is 0 Å². The first-order chi connectivity index (χ1) is 15.8. The zero-order valence-corrected chi connectivity index (χ0v) is 19.0. The SMILES string of the molecule is CN(C)Cc1cncc2[nH]c(-c3[nH]nc4ncc(-c5cncc(NS(C)(=O)=O)c5)cc34)nc12. The normalized spacial score (nSPS) is 12.1. The molecule has 0 saturated heterocycles. The molecule has 5 rings (SSSR count). The predicted octanol–water partition coefficient (Wildman–Crippen LogP) is 2.39. The molecule has 33 heavy (non-hydrogen) atoms. The number of nitrogens with zero attached hydrogens (tertiary/aromatic N) is 6. The molecule has 0 bridgehead atoms. The third kappa shape index (κ3) is 4.25. The highest BCUT2D eigenvalue weighted by Crippen LogP contribution is 2.30. The molecule has 0 atom stereocenters. The van der Waals surface area contributed by atoms with Gasteiger partial charge in [0.2, 0.25) is 10.0 Å². The molecular weight excluding hydrogens is 442 g/mol. The summed E-state index contributed by atoms with van der Waals surface area (Å²) in [6, 6.07) is 3.63. The highest BCUT2D eigenvalue weighted by Gasteiger charge is 2.16. The van der Waals surface area contributed by atoms with Crippen molar-refractivity contribution in [2.45, 2.75) is 6.54 Å². The van der Waals surface area contributed by atoms with Crippen LogP contribution in [0.4, 0.5) is 5.69 Å². The number of rotatable bonds is 6. The van der Waals surface area contributed by atoms with E-state index in [9.17, 15) is 8.42 Å². The fourth-order valence-corrected chi connectivity index (χ4v) is 4.21. The Hall–Kier alpha value is -3.90. The van der Waals surface area contributed by atoms with E-state index in [-0.39, 0.29) is 0 Å². The number of pyridine rings is 3. The van der Waals surface area contributed by atoms with Crippen LogP contribution < -0.4 is 4.72 Å². The molecule has 11 nitrogen and oxygen atoms in total. The van der Waals surface area contributed by atoms with E-state index in [1.165, 1.54) is 6.20 Å². The molecular formula is C21H21N9O2S. The largest absolute Gasteiger partial charge is 0.335 e. The van der Waals surface area contributed by atoms with Crippen LogP contribution in [0.1, 0.15) is 5.56 Å². The molecule has 3 N–H and O–H groups in total. The first-order valence-electron chi connectivity index (χ1n) is 10.0. The fraction of sp³-hybridized carbons (Fsp3) is 0.190. The molecule has 0 fully saturated rings. The second-order valence-electron chi connectivity index (χ2n) is 8.05. The van der Waals surface area contributed by atoms with Crippen LogP contribution in [0, 0.1) is 0 Å². The van der Waals surface area contributed by atoms with Gasteiger partial charge < -0.3 is 9.88 Å². The molecule has 0 unspecified atom stereocenters. The molecule has 0 radical (unpaired) electrons. The van der Waals surface area contributed by atoms with Gasteiger partial charge in [-0.05, 0) is 26.2 Å². The van der Waals surface area contributed by atoms with E-state index in [1.54, 1.807) is 24.7 Å². The summed E-state index contributed by atoms with van der Waals surface area (Å²) in [5, 5.41) is 8.11. The van der Waals surface area contributed by atoms with Gasteiger partial charge in [0.1, 0.15) is 5.69 Å². The monoisotopic (exact) mass is 463 g/mol. The Kier molecular flexibility index (Phi) is 5.02. The highest BCUT2D eigenvalue weighted by molar-refractivity contribution is 7.92. The third-order valence-electron chi connectivity index (χ3n) is 4.98. The number of hydrogen-bond donors (Lipinski definition) is 3. The summed E-state index contributed by atoms with van der Waals surface area (Å²) in [5.74, 6) is 0.630. The summed E-state index contributed by atoms with van der Waals surface area (Å²) < 4.78 is 25.6. The van der Waals surface area contributed by atoms with Crippen molar-refractivity contribution < 1.29 is 8.42 Å². The average molecular weight is 464 g/mol. The van der Waals surface area contributed by atoms with Gasteiger partial charge in [0.15, 0.2) is 11.5 Å². The lowest BCUT2D eigenvalue weighted by atomic mass is 10.1. The lowest BCUT2D eigenvalue weighted by molar-refractivity contribution is 0.403. The Balaban J connectivity index is 1.58. The third-order valence-corrected chi connectivity index (χ3v) is 5.58. The van der Waals surface area contributed by atoms with Crippen LogP contribution in [-0.4, -0.2) is 68.8 Å². The number of aromatic nitrogens is 7. The minimum absolute atomic E-state index is 0.376. The minimum Gasteiger partial charge on any atom is -0.335 e. The van der Waals surface area contributed by atoms with E-state index in [2.05, 4.69) is 39.8 Å². The van der Waals surface area contributed by atoms with Gasteiger partial charge in [0.25, 0.3) is 0 Å². The van der Waals surface area contributed by atoms with Crippen LogP contribution in [0.25, 0.3) is 44.7 Å². The predicted molar refractivity (Wildman–Crippen MR) is 126 cm³/mol. The van der Waals surface area contributed by atoms with Crippen LogP contribution >= 0.6 is 0 Å². The Bertz CT molecular complexity index is 1590. The molecule has 0 spiro atoms. The van der Waals surface area contributed by atoms with E-state index in [0.29, 0.717) is 28.4 Å². The van der Waals surface area contributed by atoms with E-state index in [4.69, 9.17) is 4.98 Å². The molecule has 5 heterocycles. The lowest BCUT2D eigenvalue weighted by Gasteiger charge is -2.08. The number of hydrogen-bond acceptors (Lipinski definition) is 8. The molecule has 0 aliphatic carbocycles. The molecule has 5 aromatic rings. The molecule has 168 valence electrons. The van der Waals surface area contributed by atoms with Gasteiger partial charge in [-0.1, -0.05) is 0 Å². The zero-order valence-electron chi connectivity index (χ0n) is 18.2. The number of nitrogens with one attached hydrogen (secondary N) is 3. The number of imidazole rings is 1. The van der Waals surface area contributed by atoms with E-state index < -0.39 is 10.0 Å². The Morgan fingerprint density at radius 2 is 1.82 bits per heavy atom. The second-order valence-corrected chi connectivity index (χ2v) is 9.80. The Morgan fingerprint density at radius 3 is 2.61 bits per heavy atom. The van der Waals surface area contributed by atoms with Crippen molar-refractivity contribution in [3.63, 3.8) is 0 Å². The number of fused-ring (bicyclic) bond motifs is 2. The Labute approximate surface area is 189 Å². The van der Waals surface area contributed by atoms with Crippen molar-refractivity contribution in [2.75, 3.05) is 25.1 Å². The van der Waals surface area contributed by atoms with Crippen molar-refractivity contribution in [3.8, 4) is 22.6 Å². The number of anilines is 1. The van der Waals surface area contributed by atoms with E-state index in [0.717, 1.165) is 40.3 Å². The van der Waals surface area contributed by atoms with Gasteiger partial charge in [0.05, 0.1) is 40.8 Å².